The van der Waals surface area contributed by atoms with Gasteiger partial charge in [-0.05, 0) is 83.1 Å². The molecule has 0 aliphatic carbocycles. The van der Waals surface area contributed by atoms with E-state index in [-0.39, 0.29) is 222 Å². The van der Waals surface area contributed by atoms with E-state index < -0.39 is 187 Å². The fourth-order valence-electron chi connectivity index (χ4n) is 14.1. The highest BCUT2D eigenvalue weighted by atomic mass is 16.5. The zero-order valence-corrected chi connectivity index (χ0v) is 75.5. The van der Waals surface area contributed by atoms with Gasteiger partial charge in [-0.1, -0.05) is 5.21 Å². The molecule has 55 heteroatoms. The second-order valence-corrected chi connectivity index (χ2v) is 32.3. The summed E-state index contributed by atoms with van der Waals surface area (Å²) in [5.74, 6) is -15.6. The molecule has 0 unspecified atom stereocenters. The Kier molecular flexibility index (Phi) is 44.3. The number of rotatable bonds is 43. The predicted octanol–water partition coefficient (Wildman–Crippen LogP) is -9.50. The maximum absolute atomic E-state index is 14.8. The number of unbranched alkanes of at least 4 members (excludes halogenated alkanes) is 1. The third kappa shape index (κ3) is 38.6. The Morgan fingerprint density at radius 3 is 1.74 bits per heavy atom. The van der Waals surface area contributed by atoms with Gasteiger partial charge in [-0.15, -0.1) is 5.10 Å². The summed E-state index contributed by atoms with van der Waals surface area (Å²) in [4.78, 5) is 261. The predicted molar refractivity (Wildman–Crippen MR) is 476 cm³/mol. The quantitative estimate of drug-likeness (QED) is 0.0158. The Hall–Kier alpha value is -14.2. The van der Waals surface area contributed by atoms with Crippen molar-refractivity contribution in [2.45, 2.75) is 158 Å². The number of nitrogens with one attached hydrogen (secondary N) is 15. The molecule has 7 heterocycles. The maximum atomic E-state index is 14.8. The highest BCUT2D eigenvalue weighted by Gasteiger charge is 2.37. The van der Waals surface area contributed by atoms with Gasteiger partial charge in [-0.2, -0.15) is 4.98 Å². The number of ether oxygens (including phenoxy) is 3. The van der Waals surface area contributed by atoms with Crippen LogP contribution in [0.3, 0.4) is 0 Å². The number of hydrogen-bond donors (Lipinski definition) is 23. The van der Waals surface area contributed by atoms with Crippen molar-refractivity contribution in [1.29, 1.82) is 0 Å². The Balaban J connectivity index is 0.845. The van der Waals surface area contributed by atoms with Gasteiger partial charge in [0.15, 0.2) is 11.2 Å². The van der Waals surface area contributed by atoms with Crippen LogP contribution >= 0.6 is 0 Å². The topological polar surface area (TPSA) is 791 Å². The average Bonchev–Trinajstić information content (AvgIpc) is 1.82. The zero-order valence-electron chi connectivity index (χ0n) is 75.5. The van der Waals surface area contributed by atoms with E-state index in [1.165, 1.54) is 73.3 Å². The van der Waals surface area contributed by atoms with E-state index in [4.69, 9.17) is 25.7 Å². The number of nitrogen functional groups attached to an aromatic ring is 1. The summed E-state index contributed by atoms with van der Waals surface area (Å²) in [6, 6.07) is -8.36. The van der Waals surface area contributed by atoms with E-state index in [0.717, 1.165) is 6.92 Å². The second-order valence-electron chi connectivity index (χ2n) is 32.3. The number of anilines is 2. The lowest BCUT2D eigenvalue weighted by Gasteiger charge is -2.32. The Morgan fingerprint density at radius 2 is 1.17 bits per heavy atom. The number of hydrogen-bond acceptors (Lipinski definition) is 35. The summed E-state index contributed by atoms with van der Waals surface area (Å²) in [6.45, 7) is 1.71. The van der Waals surface area contributed by atoms with Crippen molar-refractivity contribution in [3.8, 4) is 0 Å². The van der Waals surface area contributed by atoms with Gasteiger partial charge in [-0.3, -0.25) is 106 Å². The third-order valence-corrected chi connectivity index (χ3v) is 21.5. The van der Waals surface area contributed by atoms with Crippen molar-refractivity contribution in [3.05, 3.63) is 100 Å². The van der Waals surface area contributed by atoms with Gasteiger partial charge in [0.25, 0.3) is 11.5 Å². The number of carbonyl (C=O) groups is 16. The lowest BCUT2D eigenvalue weighted by atomic mass is 10.1. The number of carbonyl (C=O) groups excluding carboxylic acids is 12. The minimum atomic E-state index is -1.88. The van der Waals surface area contributed by atoms with E-state index in [0.29, 0.717) is 24.2 Å². The van der Waals surface area contributed by atoms with E-state index in [2.05, 4.69) is 114 Å². The van der Waals surface area contributed by atoms with Crippen LogP contribution in [0.15, 0.2) is 66.5 Å². The van der Waals surface area contributed by atoms with Crippen molar-refractivity contribution in [3.63, 3.8) is 0 Å². The fourth-order valence-corrected chi connectivity index (χ4v) is 14.1. The number of fused-ring (bicyclic) bond motifs is 3. The van der Waals surface area contributed by atoms with Gasteiger partial charge in [-0.25, -0.2) is 24.7 Å². The maximum Gasteiger partial charge on any atom is 0.326 e. The molecule has 6 aromatic rings. The van der Waals surface area contributed by atoms with Crippen LogP contribution < -0.4 is 80.8 Å². The lowest BCUT2D eigenvalue weighted by Crippen LogP contribution is -2.62. The number of carboxylic acids is 4. The number of aromatic amines is 3. The molecule has 1 aromatic carbocycles. The van der Waals surface area contributed by atoms with Crippen LogP contribution in [0.2, 0.25) is 0 Å². The minimum absolute atomic E-state index is 0.00152. The Bertz CT molecular complexity index is 5050. The van der Waals surface area contributed by atoms with Gasteiger partial charge >= 0.3 is 23.9 Å². The van der Waals surface area contributed by atoms with Crippen molar-refractivity contribution in [2.24, 2.45) is 5.73 Å². The van der Waals surface area contributed by atoms with E-state index in [9.17, 15) is 112 Å². The van der Waals surface area contributed by atoms with Crippen molar-refractivity contribution >= 4 is 118 Å². The standard InChI is InChI=1S/C82H119N29O26/c1-47-72(124)97-56(74(126)88-16-26-135-27-28-136-29-30-137-44-64(116)95-55(70(83)123)7-3-5-15-87-63(115)39-107-18-20-108(40-65(117)118)22-24-110(42-67(121)122)25-23-109(21-19-107)41-66(119)120)8-4-6-17-111-38-53(105-106-111)33-58(96-62(114)14-13-57(81(133)134)98-73(125)49-9-11-50(12-10-49)89-36-54-37-90-71-69(94-54)80(132)104-82(84)103-71)75(127)99-59(31-51-34-85-45-91-51)76(128)101-61(43-112)78(130)100-60(32-52-35-86-46-92-52)77(129)102-68(48(2)113)79(131)93-47/h9-12,34-35,37-38,45-48,55-61,68,89,112-113H,3-8,13-33,36,39-44H2,1-2H3,(H2,83,123)(H,85,91)(H,86,92)(H,87,115)(H,88,126)(H,93,131)(H,95,116)(H,96,114)(H,97,124)(H,98,125)(H,99,127)(H,100,130)(H,101,128)(H,102,129)(H,117,118)(H,119,120)(H,121,122)(H,133,134)(H3,84,90,103,104,132)/t47-,48+,55+,56+,57-,58+,59-,60-,61-,68-/m0/s1. The molecule has 2 aliphatic rings. The molecule has 748 valence electrons. The average molecular weight is 1930 g/mol. The number of nitrogens with two attached hydrogens (primary N) is 2. The number of aliphatic hydroxyl groups excluding tert-OH is 2. The van der Waals surface area contributed by atoms with E-state index in [1.54, 1.807) is 19.6 Å². The number of primary amides is 1. The summed E-state index contributed by atoms with van der Waals surface area (Å²) in [7, 11) is 0. The number of aliphatic carboxylic acids is 4. The van der Waals surface area contributed by atoms with E-state index >= 15 is 0 Å². The minimum Gasteiger partial charge on any atom is -0.480 e. The molecule has 10 atom stereocenters. The zero-order chi connectivity index (χ0) is 99.5. The molecule has 0 saturated carbocycles. The molecule has 2 bridgehead atoms. The molecule has 55 nitrogen and oxygen atoms in total. The number of imidazole rings is 2. The molecule has 5 aromatic heterocycles. The smallest absolute Gasteiger partial charge is 0.326 e. The largest absolute Gasteiger partial charge is 0.480 e. The fraction of sp³-hybridized carbons (Fsp3) is 0.561. The Morgan fingerprint density at radius 1 is 0.591 bits per heavy atom. The van der Waals surface area contributed by atoms with Crippen molar-refractivity contribution < 1.29 is 122 Å². The number of H-pyrrole nitrogens is 3. The number of aryl methyl sites for hydroxylation is 1. The van der Waals surface area contributed by atoms with Gasteiger partial charge in [0.1, 0.15) is 61.0 Å². The van der Waals surface area contributed by atoms with Crippen molar-refractivity contribution in [2.75, 3.05) is 149 Å². The van der Waals surface area contributed by atoms with Crippen LogP contribution in [0.1, 0.15) is 98.3 Å². The first-order valence-corrected chi connectivity index (χ1v) is 44.1. The highest BCUT2D eigenvalue weighted by molar-refractivity contribution is 5.99. The van der Waals surface area contributed by atoms with Crippen LogP contribution in [0.25, 0.3) is 11.2 Å². The molecule has 137 heavy (non-hydrogen) atoms. The van der Waals surface area contributed by atoms with E-state index in [1.807, 2.05) is 0 Å². The molecule has 2 aliphatic heterocycles. The van der Waals surface area contributed by atoms with Crippen LogP contribution in [0.5, 0.6) is 0 Å². The number of aromatic nitrogens is 11. The number of benzene rings is 1. The van der Waals surface area contributed by atoms with Crippen LogP contribution in [-0.2, 0) is 118 Å². The number of carboxylic acid groups (broad SMARTS) is 4. The molecule has 25 N–H and O–H groups in total. The number of amides is 12. The SMILES string of the molecule is C[C@@H]1NC(=O)[C@H]([C@@H](C)O)NC(=O)[C@H](Cc2cnc[nH]2)NC(=O)[C@H](CO)NC(=O)[C@H](Cc2cnc[nH]2)NC(=O)[C@H](NC(=O)CC[C@H](NC(=O)c2ccc(NCc3cnc4nc(N)[nH]c(=O)c4n3)cc2)C(=O)O)Cc2cn(nn2)CCCC[C@H](C(=O)NCCOCCOCCOCC(=O)N[C@H](CCCCNC(=O)CN2CCN(CC(=O)O)CCN(CC(=O)O)CCN(CC(=O)O)CC2)C(N)=O)NC1=O. The molecule has 1 fully saturated rings. The molecule has 1 saturated heterocycles. The summed E-state index contributed by atoms with van der Waals surface area (Å²) in [5, 5.41) is 99.8. The first kappa shape index (κ1) is 108. The normalized spacial score (nSPS) is 19.6. The van der Waals surface area contributed by atoms with Gasteiger partial charge in [0.2, 0.25) is 70.9 Å². The highest BCUT2D eigenvalue weighted by Crippen LogP contribution is 2.16. The van der Waals surface area contributed by atoms with Crippen LogP contribution in [0, 0.1) is 0 Å². The van der Waals surface area contributed by atoms with Crippen LogP contribution in [-0.4, -0.2) is 398 Å². The summed E-state index contributed by atoms with van der Waals surface area (Å²) < 4.78 is 18.0. The van der Waals surface area contributed by atoms with Crippen molar-refractivity contribution in [1.82, 2.24) is 133 Å². The second kappa shape index (κ2) is 56.2. The molecule has 8 rings (SSSR count). The van der Waals surface area contributed by atoms with Gasteiger partial charge in [0.05, 0.1) is 109 Å². The molecule has 12 amide bonds. The molecular formula is C82H119N29O26. The first-order chi connectivity index (χ1) is 65.5. The number of aliphatic hydroxyl groups is 2. The summed E-state index contributed by atoms with van der Waals surface area (Å²) in [6.07, 6.45) is 5.20. The summed E-state index contributed by atoms with van der Waals surface area (Å²) >= 11 is 0. The molecular weight excluding hydrogens is 1810 g/mol. The molecule has 0 spiro atoms. The first-order valence-electron chi connectivity index (χ1n) is 44.1. The summed E-state index contributed by atoms with van der Waals surface area (Å²) in [5.41, 5.74) is 12.1. The number of nitrogens with zero attached hydrogens (tertiary/aromatic N) is 12. The van der Waals surface area contributed by atoms with Gasteiger partial charge in [0, 0.05) is 139 Å². The van der Waals surface area contributed by atoms with Gasteiger partial charge < -0.3 is 130 Å². The third-order valence-electron chi connectivity index (χ3n) is 21.5. The van der Waals surface area contributed by atoms with Crippen LogP contribution in [0.4, 0.5) is 11.6 Å². The Labute approximate surface area is 782 Å². The molecule has 0 radical (unpaired) electrons. The monoisotopic (exact) mass is 1930 g/mol. The lowest BCUT2D eigenvalue weighted by molar-refractivity contribution is -0.140.